The SMILES string of the molecule is CCC(CSC)NC(=O)c1cccc(C(F)(F)F)c1NN. The molecule has 0 saturated heterocycles. The van der Waals surface area contributed by atoms with Gasteiger partial charge in [0.25, 0.3) is 5.91 Å². The number of anilines is 1. The molecule has 4 N–H and O–H groups in total. The predicted octanol–water partition coefficient (Wildman–Crippen LogP) is 2.86. The molecule has 1 rings (SSSR count). The largest absolute Gasteiger partial charge is 0.418 e. The van der Waals surface area contributed by atoms with E-state index in [-0.39, 0.29) is 11.6 Å². The first kappa shape index (κ1) is 17.6. The summed E-state index contributed by atoms with van der Waals surface area (Å²) in [5.74, 6) is 5.29. The van der Waals surface area contributed by atoms with E-state index in [0.29, 0.717) is 12.2 Å². The van der Waals surface area contributed by atoms with Crippen LogP contribution in [0.2, 0.25) is 0 Å². The molecule has 1 atom stereocenters. The van der Waals surface area contributed by atoms with Crippen LogP contribution in [-0.4, -0.2) is 24.0 Å². The average Bonchev–Trinajstić information content (AvgIpc) is 2.44. The van der Waals surface area contributed by atoms with Crippen LogP contribution >= 0.6 is 11.8 Å². The number of halogens is 3. The third-order valence-electron chi connectivity index (χ3n) is 2.95. The quantitative estimate of drug-likeness (QED) is 0.557. The van der Waals surface area contributed by atoms with Crippen LogP contribution < -0.4 is 16.6 Å². The Bertz CT molecular complexity index is 494. The first-order valence-corrected chi connectivity index (χ1v) is 7.71. The lowest BCUT2D eigenvalue weighted by molar-refractivity contribution is -0.137. The van der Waals surface area contributed by atoms with Gasteiger partial charge in [0.2, 0.25) is 0 Å². The molecule has 1 aromatic carbocycles. The average molecular weight is 321 g/mol. The van der Waals surface area contributed by atoms with Crippen LogP contribution in [0.4, 0.5) is 18.9 Å². The van der Waals surface area contributed by atoms with Crippen molar-refractivity contribution in [1.29, 1.82) is 0 Å². The van der Waals surface area contributed by atoms with E-state index in [2.05, 4.69) is 5.32 Å². The molecule has 0 heterocycles. The Morgan fingerprint density at radius 1 is 1.43 bits per heavy atom. The lowest BCUT2D eigenvalue weighted by Crippen LogP contribution is -2.37. The summed E-state index contributed by atoms with van der Waals surface area (Å²) < 4.78 is 38.7. The van der Waals surface area contributed by atoms with E-state index in [1.807, 2.05) is 18.6 Å². The molecule has 0 aromatic heterocycles. The highest BCUT2D eigenvalue weighted by Crippen LogP contribution is 2.36. The molecular weight excluding hydrogens is 303 g/mol. The normalized spacial score (nSPS) is 12.9. The number of nitrogen functional groups attached to an aromatic ring is 1. The van der Waals surface area contributed by atoms with E-state index in [4.69, 9.17) is 5.84 Å². The second kappa shape index (κ2) is 7.56. The molecule has 0 spiro atoms. The molecule has 1 aromatic rings. The summed E-state index contributed by atoms with van der Waals surface area (Å²) in [5, 5.41) is 2.71. The van der Waals surface area contributed by atoms with Crippen molar-refractivity contribution < 1.29 is 18.0 Å². The zero-order valence-corrected chi connectivity index (χ0v) is 12.6. The van der Waals surface area contributed by atoms with Gasteiger partial charge in [0.15, 0.2) is 0 Å². The lowest BCUT2D eigenvalue weighted by atomic mass is 10.1. The fourth-order valence-corrected chi connectivity index (χ4v) is 2.58. The fourth-order valence-electron chi connectivity index (χ4n) is 1.86. The van der Waals surface area contributed by atoms with Crippen LogP contribution in [-0.2, 0) is 6.18 Å². The molecule has 0 radical (unpaired) electrons. The van der Waals surface area contributed by atoms with Crippen LogP contribution in [0.15, 0.2) is 18.2 Å². The van der Waals surface area contributed by atoms with Crippen molar-refractivity contribution >= 4 is 23.4 Å². The van der Waals surface area contributed by atoms with Crippen LogP contribution in [0.1, 0.15) is 29.3 Å². The number of hydrazine groups is 1. The van der Waals surface area contributed by atoms with Crippen molar-refractivity contribution in [2.24, 2.45) is 5.84 Å². The third-order valence-corrected chi connectivity index (χ3v) is 3.69. The standard InChI is InChI=1S/C13H18F3N3OS/c1-3-8(7-21-2)18-12(20)9-5-4-6-10(11(9)19-17)13(14,15)16/h4-6,8,19H,3,7,17H2,1-2H3,(H,18,20). The van der Waals surface area contributed by atoms with Crippen molar-refractivity contribution in [3.8, 4) is 0 Å². The number of carbonyl (C=O) groups excluding carboxylic acids is 1. The number of thioether (sulfide) groups is 1. The molecule has 0 aliphatic carbocycles. The third kappa shape index (κ3) is 4.53. The highest BCUT2D eigenvalue weighted by molar-refractivity contribution is 7.98. The zero-order valence-electron chi connectivity index (χ0n) is 11.8. The minimum Gasteiger partial charge on any atom is -0.348 e. The smallest absolute Gasteiger partial charge is 0.348 e. The molecule has 1 unspecified atom stereocenters. The maximum atomic E-state index is 12.9. The molecule has 0 fully saturated rings. The number of alkyl halides is 3. The molecule has 1 amide bonds. The second-order valence-corrected chi connectivity index (χ2v) is 5.31. The molecule has 0 aliphatic rings. The van der Waals surface area contributed by atoms with Crippen molar-refractivity contribution in [3.05, 3.63) is 29.3 Å². The number of hydrogen-bond donors (Lipinski definition) is 3. The van der Waals surface area contributed by atoms with Crippen LogP contribution in [0, 0.1) is 0 Å². The fraction of sp³-hybridized carbons (Fsp3) is 0.462. The second-order valence-electron chi connectivity index (χ2n) is 4.40. The van der Waals surface area contributed by atoms with Crippen molar-refractivity contribution in [2.45, 2.75) is 25.6 Å². The highest BCUT2D eigenvalue weighted by atomic mass is 32.2. The maximum Gasteiger partial charge on any atom is 0.418 e. The summed E-state index contributed by atoms with van der Waals surface area (Å²) in [5.41, 5.74) is 0.493. The number of nitrogens with one attached hydrogen (secondary N) is 2. The summed E-state index contributed by atoms with van der Waals surface area (Å²) in [6, 6.07) is 3.28. The van der Waals surface area contributed by atoms with Crippen LogP contribution in [0.25, 0.3) is 0 Å². The molecule has 0 saturated carbocycles. The van der Waals surface area contributed by atoms with Gasteiger partial charge in [-0.05, 0) is 24.8 Å². The Morgan fingerprint density at radius 2 is 2.10 bits per heavy atom. The summed E-state index contributed by atoms with van der Waals surface area (Å²) in [6.45, 7) is 1.90. The summed E-state index contributed by atoms with van der Waals surface area (Å²) >= 11 is 1.55. The van der Waals surface area contributed by atoms with Crippen LogP contribution in [0.3, 0.4) is 0 Å². The van der Waals surface area contributed by atoms with Gasteiger partial charge in [-0.1, -0.05) is 13.0 Å². The monoisotopic (exact) mass is 321 g/mol. The van der Waals surface area contributed by atoms with Gasteiger partial charge in [-0.25, -0.2) is 0 Å². The van der Waals surface area contributed by atoms with Gasteiger partial charge in [-0.3, -0.25) is 10.6 Å². The minimum atomic E-state index is -4.58. The number of para-hydroxylation sites is 1. The topological polar surface area (TPSA) is 67.2 Å². The maximum absolute atomic E-state index is 12.9. The molecule has 0 aliphatic heterocycles. The molecule has 4 nitrogen and oxygen atoms in total. The molecule has 8 heteroatoms. The van der Waals surface area contributed by atoms with Crippen molar-refractivity contribution in [2.75, 3.05) is 17.4 Å². The van der Waals surface area contributed by atoms with E-state index in [9.17, 15) is 18.0 Å². The Morgan fingerprint density at radius 3 is 2.57 bits per heavy atom. The molecular formula is C13H18F3N3OS. The Balaban J connectivity index is 3.10. The number of amides is 1. The zero-order chi connectivity index (χ0) is 16.0. The number of carbonyl (C=O) groups is 1. The first-order valence-electron chi connectivity index (χ1n) is 6.31. The van der Waals surface area contributed by atoms with Gasteiger partial charge in [-0.2, -0.15) is 24.9 Å². The van der Waals surface area contributed by atoms with Crippen LogP contribution in [0.5, 0.6) is 0 Å². The van der Waals surface area contributed by atoms with E-state index in [1.165, 1.54) is 12.1 Å². The van der Waals surface area contributed by atoms with Crippen molar-refractivity contribution in [1.82, 2.24) is 5.32 Å². The summed E-state index contributed by atoms with van der Waals surface area (Å²) in [4.78, 5) is 12.2. The number of benzene rings is 1. The first-order chi connectivity index (χ1) is 9.85. The number of hydrogen-bond acceptors (Lipinski definition) is 4. The molecule has 0 bridgehead atoms. The van der Waals surface area contributed by atoms with E-state index in [1.54, 1.807) is 11.8 Å². The number of rotatable bonds is 6. The van der Waals surface area contributed by atoms with E-state index in [0.717, 1.165) is 6.07 Å². The van der Waals surface area contributed by atoms with E-state index < -0.39 is 23.3 Å². The van der Waals surface area contributed by atoms with Gasteiger partial charge in [0.05, 0.1) is 16.8 Å². The van der Waals surface area contributed by atoms with E-state index >= 15 is 0 Å². The number of nitrogens with two attached hydrogens (primary N) is 1. The van der Waals surface area contributed by atoms with Gasteiger partial charge >= 0.3 is 6.18 Å². The Labute approximate surface area is 125 Å². The predicted molar refractivity (Wildman–Crippen MR) is 79.2 cm³/mol. The minimum absolute atomic E-state index is 0.104. The Kier molecular flexibility index (Phi) is 6.35. The molecule has 21 heavy (non-hydrogen) atoms. The summed E-state index contributed by atoms with van der Waals surface area (Å²) in [6.07, 6.45) is -2.00. The van der Waals surface area contributed by atoms with Crippen molar-refractivity contribution in [3.63, 3.8) is 0 Å². The van der Waals surface area contributed by atoms with Gasteiger partial charge in [-0.15, -0.1) is 0 Å². The van der Waals surface area contributed by atoms with Gasteiger partial charge in [0, 0.05) is 11.8 Å². The Hall–Kier alpha value is -1.41. The van der Waals surface area contributed by atoms with Gasteiger partial charge in [0.1, 0.15) is 0 Å². The lowest BCUT2D eigenvalue weighted by Gasteiger charge is -2.19. The van der Waals surface area contributed by atoms with Gasteiger partial charge < -0.3 is 10.7 Å². The molecule has 118 valence electrons. The highest BCUT2D eigenvalue weighted by Gasteiger charge is 2.35. The summed E-state index contributed by atoms with van der Waals surface area (Å²) in [7, 11) is 0.